The molecule has 19 heavy (non-hydrogen) atoms. The van der Waals surface area contributed by atoms with E-state index in [1.54, 1.807) is 6.07 Å². The van der Waals surface area contributed by atoms with Crippen molar-refractivity contribution in [3.05, 3.63) is 40.4 Å². The number of nitrogen functional groups attached to an aromatic ring is 1. The van der Waals surface area contributed by atoms with Crippen molar-refractivity contribution in [2.45, 2.75) is 13.8 Å². The molecule has 0 spiro atoms. The molecule has 0 aliphatic rings. The van der Waals surface area contributed by atoms with E-state index in [0.717, 1.165) is 15.7 Å². The van der Waals surface area contributed by atoms with Crippen molar-refractivity contribution in [1.82, 2.24) is 4.98 Å². The average Bonchev–Trinajstić information content (AvgIpc) is 2.37. The Morgan fingerprint density at radius 1 is 1.32 bits per heavy atom. The summed E-state index contributed by atoms with van der Waals surface area (Å²) in [6.07, 6.45) is 0. The van der Waals surface area contributed by atoms with Crippen LogP contribution in [-0.2, 0) is 0 Å². The minimum atomic E-state index is 0.460. The molecule has 0 aliphatic carbocycles. The first kappa shape index (κ1) is 13.7. The van der Waals surface area contributed by atoms with Gasteiger partial charge in [-0.3, -0.25) is 0 Å². The Labute approximate surface area is 121 Å². The quantitative estimate of drug-likeness (QED) is 0.897. The van der Waals surface area contributed by atoms with Crippen molar-refractivity contribution < 1.29 is 4.74 Å². The monoisotopic (exact) mass is 321 g/mol. The topological polar surface area (TPSA) is 60.2 Å². The van der Waals surface area contributed by atoms with Crippen LogP contribution >= 0.6 is 15.9 Å². The Kier molecular flexibility index (Phi) is 4.27. The van der Waals surface area contributed by atoms with Gasteiger partial charge in [0.15, 0.2) is 0 Å². The number of nitrogens with one attached hydrogen (secondary N) is 1. The van der Waals surface area contributed by atoms with Crippen LogP contribution in [0.5, 0.6) is 5.88 Å². The minimum absolute atomic E-state index is 0.460. The lowest BCUT2D eigenvalue weighted by molar-refractivity contribution is 0.329. The van der Waals surface area contributed by atoms with E-state index in [1.165, 1.54) is 0 Å². The molecule has 3 N–H and O–H groups in total. The molecule has 1 heterocycles. The molecule has 2 rings (SSSR count). The average molecular weight is 322 g/mol. The van der Waals surface area contributed by atoms with Crippen LogP contribution in [0.4, 0.5) is 17.2 Å². The standard InChI is InChI=1S/C14H16BrN3O/c1-3-19-14-11(16)5-7-13(18-14)17-12-6-4-10(15)8-9(12)2/h4-8H,3,16H2,1-2H3,(H,17,18). The lowest BCUT2D eigenvalue weighted by Crippen LogP contribution is -2.02. The second-order valence-corrected chi connectivity index (χ2v) is 5.02. The third-order valence-corrected chi connectivity index (χ3v) is 3.12. The number of nitrogens with zero attached hydrogens (tertiary/aromatic N) is 1. The van der Waals surface area contributed by atoms with Crippen molar-refractivity contribution in [3.8, 4) is 5.88 Å². The van der Waals surface area contributed by atoms with E-state index >= 15 is 0 Å². The van der Waals surface area contributed by atoms with Gasteiger partial charge >= 0.3 is 0 Å². The SMILES string of the molecule is CCOc1nc(Nc2ccc(Br)cc2C)ccc1N. The maximum absolute atomic E-state index is 5.80. The molecule has 0 radical (unpaired) electrons. The van der Waals surface area contributed by atoms with Gasteiger partial charge in [-0.05, 0) is 49.7 Å². The molecule has 0 bridgehead atoms. The van der Waals surface area contributed by atoms with Crippen molar-refractivity contribution in [2.24, 2.45) is 0 Å². The molecular formula is C14H16BrN3O. The molecule has 100 valence electrons. The first-order valence-electron chi connectivity index (χ1n) is 6.02. The number of hydrogen-bond donors (Lipinski definition) is 2. The Morgan fingerprint density at radius 2 is 2.11 bits per heavy atom. The van der Waals surface area contributed by atoms with Gasteiger partial charge in [0.25, 0.3) is 0 Å². The molecule has 0 saturated carbocycles. The van der Waals surface area contributed by atoms with Crippen LogP contribution in [0.3, 0.4) is 0 Å². The third kappa shape index (κ3) is 3.38. The lowest BCUT2D eigenvalue weighted by atomic mass is 10.2. The van der Waals surface area contributed by atoms with Crippen LogP contribution in [0.25, 0.3) is 0 Å². The van der Waals surface area contributed by atoms with Crippen LogP contribution in [0.1, 0.15) is 12.5 Å². The summed E-state index contributed by atoms with van der Waals surface area (Å²) in [4.78, 5) is 4.35. The number of benzene rings is 1. The van der Waals surface area contributed by atoms with E-state index in [0.29, 0.717) is 24.0 Å². The number of pyridine rings is 1. The van der Waals surface area contributed by atoms with Crippen molar-refractivity contribution in [3.63, 3.8) is 0 Å². The van der Waals surface area contributed by atoms with Crippen LogP contribution in [0.15, 0.2) is 34.8 Å². The summed E-state index contributed by atoms with van der Waals surface area (Å²) in [5.41, 5.74) is 8.47. The molecular weight excluding hydrogens is 306 g/mol. The van der Waals surface area contributed by atoms with Gasteiger partial charge in [-0.1, -0.05) is 15.9 Å². The highest BCUT2D eigenvalue weighted by atomic mass is 79.9. The fourth-order valence-corrected chi connectivity index (χ4v) is 2.15. The number of aryl methyl sites for hydroxylation is 1. The molecule has 0 aliphatic heterocycles. The van der Waals surface area contributed by atoms with E-state index in [-0.39, 0.29) is 0 Å². The molecule has 0 atom stereocenters. The van der Waals surface area contributed by atoms with Crippen molar-refractivity contribution in [2.75, 3.05) is 17.7 Å². The van der Waals surface area contributed by atoms with Gasteiger partial charge < -0.3 is 15.8 Å². The van der Waals surface area contributed by atoms with Gasteiger partial charge in [-0.2, -0.15) is 4.98 Å². The summed E-state index contributed by atoms with van der Waals surface area (Å²) >= 11 is 3.44. The Balaban J connectivity index is 2.25. The second-order valence-electron chi connectivity index (χ2n) is 4.11. The van der Waals surface area contributed by atoms with Gasteiger partial charge in [-0.25, -0.2) is 0 Å². The molecule has 0 saturated heterocycles. The van der Waals surface area contributed by atoms with Crippen molar-refractivity contribution >= 4 is 33.1 Å². The van der Waals surface area contributed by atoms with Gasteiger partial charge in [0.05, 0.1) is 12.3 Å². The number of anilines is 3. The Bertz CT molecular complexity index is 587. The van der Waals surface area contributed by atoms with Crippen LogP contribution in [0, 0.1) is 6.92 Å². The molecule has 0 unspecified atom stereocenters. The molecule has 5 heteroatoms. The van der Waals surface area contributed by atoms with E-state index in [1.807, 2.05) is 38.1 Å². The fraction of sp³-hybridized carbons (Fsp3) is 0.214. The van der Waals surface area contributed by atoms with Gasteiger partial charge in [0.1, 0.15) is 5.82 Å². The van der Waals surface area contributed by atoms with Crippen LogP contribution < -0.4 is 15.8 Å². The summed E-state index contributed by atoms with van der Waals surface area (Å²) in [7, 11) is 0. The Hall–Kier alpha value is -1.75. The fourth-order valence-electron chi connectivity index (χ4n) is 1.68. The zero-order chi connectivity index (χ0) is 13.8. The van der Waals surface area contributed by atoms with E-state index in [4.69, 9.17) is 10.5 Å². The first-order chi connectivity index (χ1) is 9.10. The highest BCUT2D eigenvalue weighted by Crippen LogP contribution is 2.26. The largest absolute Gasteiger partial charge is 0.476 e. The van der Waals surface area contributed by atoms with E-state index in [2.05, 4.69) is 26.2 Å². The number of aromatic nitrogens is 1. The molecule has 0 amide bonds. The van der Waals surface area contributed by atoms with Crippen LogP contribution in [-0.4, -0.2) is 11.6 Å². The predicted molar refractivity (Wildman–Crippen MR) is 82.0 cm³/mol. The van der Waals surface area contributed by atoms with Crippen molar-refractivity contribution in [1.29, 1.82) is 0 Å². The summed E-state index contributed by atoms with van der Waals surface area (Å²) in [5, 5.41) is 3.26. The zero-order valence-electron chi connectivity index (χ0n) is 10.9. The molecule has 1 aromatic heterocycles. The summed E-state index contributed by atoms with van der Waals surface area (Å²) in [6, 6.07) is 9.64. The van der Waals surface area contributed by atoms with E-state index in [9.17, 15) is 0 Å². The van der Waals surface area contributed by atoms with Gasteiger partial charge in [0, 0.05) is 10.2 Å². The van der Waals surface area contributed by atoms with E-state index < -0.39 is 0 Å². The Morgan fingerprint density at radius 3 is 2.79 bits per heavy atom. The third-order valence-electron chi connectivity index (χ3n) is 2.62. The van der Waals surface area contributed by atoms with Gasteiger partial charge in [-0.15, -0.1) is 0 Å². The maximum atomic E-state index is 5.80. The predicted octanol–water partition coefficient (Wildman–Crippen LogP) is 3.88. The number of hydrogen-bond acceptors (Lipinski definition) is 4. The molecule has 4 nitrogen and oxygen atoms in total. The maximum Gasteiger partial charge on any atom is 0.239 e. The lowest BCUT2D eigenvalue weighted by Gasteiger charge is -2.11. The molecule has 2 aromatic rings. The summed E-state index contributed by atoms with van der Waals surface area (Å²) in [6.45, 7) is 4.48. The van der Waals surface area contributed by atoms with Gasteiger partial charge in [0.2, 0.25) is 5.88 Å². The number of rotatable bonds is 4. The normalized spacial score (nSPS) is 10.3. The molecule has 1 aromatic carbocycles. The molecule has 0 fully saturated rings. The number of halogens is 1. The smallest absolute Gasteiger partial charge is 0.239 e. The summed E-state index contributed by atoms with van der Waals surface area (Å²) in [5.74, 6) is 1.17. The number of nitrogens with two attached hydrogens (primary N) is 1. The highest BCUT2D eigenvalue weighted by Gasteiger charge is 2.05. The minimum Gasteiger partial charge on any atom is -0.476 e. The summed E-state index contributed by atoms with van der Waals surface area (Å²) < 4.78 is 6.43. The zero-order valence-corrected chi connectivity index (χ0v) is 12.5. The number of ether oxygens (including phenoxy) is 1. The van der Waals surface area contributed by atoms with Crippen LogP contribution in [0.2, 0.25) is 0 Å². The first-order valence-corrected chi connectivity index (χ1v) is 6.82. The highest BCUT2D eigenvalue weighted by molar-refractivity contribution is 9.10. The second kappa shape index (κ2) is 5.93.